The number of carbonyl (C=O) groups excluding carboxylic acids is 1. The third-order valence-electron chi connectivity index (χ3n) is 6.05. The monoisotopic (exact) mass is 433 g/mol. The van der Waals surface area contributed by atoms with Gasteiger partial charge in [-0.15, -0.1) is 0 Å². The van der Waals surface area contributed by atoms with Gasteiger partial charge in [0.2, 0.25) is 0 Å². The number of rotatable bonds is 5. The maximum absolute atomic E-state index is 12.8. The van der Waals surface area contributed by atoms with Crippen molar-refractivity contribution in [3.05, 3.63) is 64.8 Å². The summed E-state index contributed by atoms with van der Waals surface area (Å²) in [5.41, 5.74) is 9.18. The van der Waals surface area contributed by atoms with Crippen LogP contribution in [0.4, 0.5) is 5.69 Å². The summed E-state index contributed by atoms with van der Waals surface area (Å²) in [7, 11) is 0. The summed E-state index contributed by atoms with van der Waals surface area (Å²) < 4.78 is 6.09. The molecule has 166 valence electrons. The van der Waals surface area contributed by atoms with Gasteiger partial charge >= 0.3 is 5.97 Å². The number of anilines is 1. The van der Waals surface area contributed by atoms with E-state index in [1.807, 2.05) is 42.2 Å². The number of aromatic carboxylic acids is 1. The average molecular weight is 434 g/mol. The van der Waals surface area contributed by atoms with Crippen LogP contribution in [0.1, 0.15) is 44.8 Å². The van der Waals surface area contributed by atoms with E-state index in [1.165, 1.54) is 0 Å². The average Bonchev–Trinajstić information content (AvgIpc) is 2.77. The summed E-state index contributed by atoms with van der Waals surface area (Å²) in [6.07, 6.45) is 1.69. The Kier molecular flexibility index (Phi) is 5.99. The van der Waals surface area contributed by atoms with Crippen molar-refractivity contribution >= 4 is 28.5 Å². The number of benzene rings is 2. The van der Waals surface area contributed by atoms with Gasteiger partial charge in [-0.25, -0.2) is 4.79 Å². The number of likely N-dealkylation sites (tertiary alicyclic amines) is 1. The van der Waals surface area contributed by atoms with E-state index < -0.39 is 5.97 Å². The van der Waals surface area contributed by atoms with Crippen LogP contribution in [-0.4, -0.2) is 46.6 Å². The van der Waals surface area contributed by atoms with Gasteiger partial charge in [-0.05, 0) is 56.9 Å². The van der Waals surface area contributed by atoms with E-state index in [9.17, 15) is 14.7 Å². The zero-order valence-electron chi connectivity index (χ0n) is 18.3. The van der Waals surface area contributed by atoms with Crippen LogP contribution in [0.15, 0.2) is 42.5 Å². The van der Waals surface area contributed by atoms with Gasteiger partial charge in [0.25, 0.3) is 5.91 Å². The van der Waals surface area contributed by atoms with Gasteiger partial charge in [0.05, 0.1) is 28.9 Å². The molecule has 1 aromatic heterocycles. The van der Waals surface area contributed by atoms with Gasteiger partial charge in [0.15, 0.2) is 0 Å². The van der Waals surface area contributed by atoms with Crippen LogP contribution in [-0.2, 0) is 0 Å². The Morgan fingerprint density at radius 2 is 1.88 bits per heavy atom. The molecule has 0 spiro atoms. The van der Waals surface area contributed by atoms with Gasteiger partial charge in [-0.1, -0.05) is 23.8 Å². The van der Waals surface area contributed by atoms with Gasteiger partial charge in [0.1, 0.15) is 11.3 Å². The lowest BCUT2D eigenvalue weighted by atomic mass is 9.97. The molecule has 0 radical (unpaired) electrons. The Bertz CT molecular complexity index is 1180. The van der Waals surface area contributed by atoms with Gasteiger partial charge < -0.3 is 20.5 Å². The largest absolute Gasteiger partial charge is 0.493 e. The Labute approximate surface area is 186 Å². The molecule has 3 N–H and O–H groups in total. The number of ether oxygens (including phenoxy) is 1. The van der Waals surface area contributed by atoms with Crippen molar-refractivity contribution in [2.75, 3.05) is 25.4 Å². The van der Waals surface area contributed by atoms with Gasteiger partial charge in [-0.3, -0.25) is 9.78 Å². The highest BCUT2D eigenvalue weighted by Gasteiger charge is 2.25. The van der Waals surface area contributed by atoms with E-state index in [0.717, 1.165) is 24.0 Å². The smallest absolute Gasteiger partial charge is 0.339 e. The number of nitrogens with two attached hydrogens (primary N) is 1. The molecule has 1 amide bonds. The predicted molar refractivity (Wildman–Crippen MR) is 123 cm³/mol. The normalized spacial score (nSPS) is 14.5. The first-order valence-corrected chi connectivity index (χ1v) is 10.8. The van der Waals surface area contributed by atoms with Crippen LogP contribution in [0.2, 0.25) is 0 Å². The number of pyridine rings is 1. The lowest BCUT2D eigenvalue weighted by Crippen LogP contribution is -2.39. The zero-order chi connectivity index (χ0) is 22.8. The zero-order valence-corrected chi connectivity index (χ0v) is 18.3. The number of hydrogen-bond donors (Lipinski definition) is 2. The van der Waals surface area contributed by atoms with Crippen molar-refractivity contribution in [3.63, 3.8) is 0 Å². The highest BCUT2D eigenvalue weighted by atomic mass is 16.5. The molecule has 1 aliphatic rings. The number of hydrogen-bond acceptors (Lipinski definition) is 5. The number of nitrogens with zero attached hydrogens (tertiary/aromatic N) is 2. The second-order valence-electron chi connectivity index (χ2n) is 8.36. The number of aromatic nitrogens is 1. The number of carbonyl (C=O) groups is 2. The fourth-order valence-corrected chi connectivity index (χ4v) is 4.30. The van der Waals surface area contributed by atoms with E-state index in [4.69, 9.17) is 10.5 Å². The highest BCUT2D eigenvalue weighted by molar-refractivity contribution is 6.06. The van der Waals surface area contributed by atoms with Crippen LogP contribution < -0.4 is 10.5 Å². The molecule has 7 heteroatoms. The van der Waals surface area contributed by atoms with E-state index in [-0.39, 0.29) is 17.2 Å². The molecular formula is C25H27N3O4. The first-order valence-electron chi connectivity index (χ1n) is 10.8. The minimum Gasteiger partial charge on any atom is -0.493 e. The molecule has 0 atom stereocenters. The number of carboxylic acid groups (broad SMARTS) is 1. The third kappa shape index (κ3) is 4.23. The lowest BCUT2D eigenvalue weighted by molar-refractivity contribution is 0.0659. The third-order valence-corrected chi connectivity index (χ3v) is 6.05. The predicted octanol–water partition coefficient (Wildman–Crippen LogP) is 4.06. The van der Waals surface area contributed by atoms with E-state index in [0.29, 0.717) is 48.0 Å². The summed E-state index contributed by atoms with van der Waals surface area (Å²) in [5, 5.41) is 10.0. The maximum atomic E-state index is 12.8. The highest BCUT2D eigenvalue weighted by Crippen LogP contribution is 2.34. The summed E-state index contributed by atoms with van der Waals surface area (Å²) in [5.74, 6) is -0.203. The second-order valence-corrected chi connectivity index (χ2v) is 8.36. The summed E-state index contributed by atoms with van der Waals surface area (Å²) in [6.45, 7) is 5.46. The first kappa shape index (κ1) is 21.6. The van der Waals surface area contributed by atoms with Gasteiger partial charge in [-0.2, -0.15) is 0 Å². The number of aryl methyl sites for hydroxylation is 2. The Balaban J connectivity index is 1.43. The number of carboxylic acids is 1. The van der Waals surface area contributed by atoms with Crippen LogP contribution >= 0.6 is 0 Å². The topological polar surface area (TPSA) is 106 Å². The molecule has 0 saturated carbocycles. The quantitative estimate of drug-likeness (QED) is 0.628. The minimum atomic E-state index is -1.10. The standard InChI is InChI=1S/C25H27N3O4/c1-15-5-3-6-18(13-15)24(29)28-11-9-17(10-12-28)14-32-20-8-4-7-19-22(20)23(26)21(25(30)31)16(2)27-19/h3-8,13,17H,9-12,14H2,1-2H3,(H2,26,27)(H,30,31). The molecule has 1 fully saturated rings. The molecular weight excluding hydrogens is 406 g/mol. The molecule has 3 aromatic rings. The van der Waals surface area contributed by atoms with Crippen molar-refractivity contribution in [1.82, 2.24) is 9.88 Å². The SMILES string of the molecule is Cc1cccc(C(=O)N2CCC(COc3cccc4nc(C)c(C(=O)O)c(N)c34)CC2)c1. The molecule has 0 unspecified atom stereocenters. The summed E-state index contributed by atoms with van der Waals surface area (Å²) in [6, 6.07) is 13.1. The van der Waals surface area contributed by atoms with Gasteiger partial charge in [0, 0.05) is 18.7 Å². The molecule has 4 rings (SSSR count). The Morgan fingerprint density at radius 1 is 1.16 bits per heavy atom. The van der Waals surface area contributed by atoms with Crippen molar-refractivity contribution in [2.45, 2.75) is 26.7 Å². The molecule has 0 bridgehead atoms. The Hall–Kier alpha value is -3.61. The van der Waals surface area contributed by atoms with Crippen molar-refractivity contribution in [1.29, 1.82) is 0 Å². The molecule has 1 aliphatic heterocycles. The minimum absolute atomic E-state index is 0.0107. The number of fused-ring (bicyclic) bond motifs is 1. The molecule has 0 aliphatic carbocycles. The molecule has 7 nitrogen and oxygen atoms in total. The van der Waals surface area contributed by atoms with E-state index in [2.05, 4.69) is 4.98 Å². The lowest BCUT2D eigenvalue weighted by Gasteiger charge is -2.32. The fraction of sp³-hybridized carbons (Fsp3) is 0.320. The van der Waals surface area contributed by atoms with Crippen molar-refractivity contribution in [3.8, 4) is 5.75 Å². The first-order chi connectivity index (χ1) is 15.3. The van der Waals surface area contributed by atoms with Crippen LogP contribution in [0.25, 0.3) is 10.9 Å². The summed E-state index contributed by atoms with van der Waals surface area (Å²) >= 11 is 0. The van der Waals surface area contributed by atoms with E-state index >= 15 is 0 Å². The van der Waals surface area contributed by atoms with Crippen molar-refractivity contribution < 1.29 is 19.4 Å². The summed E-state index contributed by atoms with van der Waals surface area (Å²) in [4.78, 5) is 30.7. The maximum Gasteiger partial charge on any atom is 0.339 e. The van der Waals surface area contributed by atoms with Crippen LogP contribution in [0.3, 0.4) is 0 Å². The number of nitrogen functional groups attached to an aromatic ring is 1. The van der Waals surface area contributed by atoms with Crippen LogP contribution in [0.5, 0.6) is 5.75 Å². The fourth-order valence-electron chi connectivity index (χ4n) is 4.30. The van der Waals surface area contributed by atoms with E-state index in [1.54, 1.807) is 19.1 Å². The number of piperidine rings is 1. The van der Waals surface area contributed by atoms with Crippen LogP contribution in [0, 0.1) is 19.8 Å². The Morgan fingerprint density at radius 3 is 2.56 bits per heavy atom. The second kappa shape index (κ2) is 8.86. The molecule has 1 saturated heterocycles. The molecule has 32 heavy (non-hydrogen) atoms. The molecule has 2 aromatic carbocycles. The molecule has 2 heterocycles. The van der Waals surface area contributed by atoms with Crippen molar-refractivity contribution in [2.24, 2.45) is 5.92 Å². The number of amides is 1.